The molecule has 1 saturated carbocycles. The molecule has 1 aromatic rings. The molecule has 0 bridgehead atoms. The fourth-order valence-corrected chi connectivity index (χ4v) is 3.97. The largest absolute Gasteiger partial charge is 0.444 e. The van der Waals surface area contributed by atoms with E-state index in [-0.39, 0.29) is 11.5 Å². The van der Waals surface area contributed by atoms with E-state index < -0.39 is 5.60 Å². The van der Waals surface area contributed by atoms with E-state index in [1.807, 2.05) is 31.7 Å². The highest BCUT2D eigenvalue weighted by Crippen LogP contribution is 2.49. The number of ether oxygens (including phenoxy) is 1. The topological polar surface area (TPSA) is 67.3 Å². The molecule has 1 N–H and O–H groups in total. The smallest absolute Gasteiger partial charge is 0.410 e. The van der Waals surface area contributed by atoms with Gasteiger partial charge in [0.15, 0.2) is 5.15 Å². The molecule has 1 aliphatic heterocycles. The first kappa shape index (κ1) is 17.3. The first-order valence-corrected chi connectivity index (χ1v) is 8.76. The van der Waals surface area contributed by atoms with E-state index in [0.29, 0.717) is 17.1 Å². The SMILES string of the molecule is CC(C)(C)OC(=O)N1CC2C[C@@H](Nc3ccc(Cl)nn3)C[C@]2(C)C1. The number of fused-ring (bicyclic) bond motifs is 1. The molecular weight excluding hydrogens is 328 g/mol. The monoisotopic (exact) mass is 352 g/mol. The highest BCUT2D eigenvalue weighted by Gasteiger charge is 2.51. The van der Waals surface area contributed by atoms with Crippen LogP contribution in [0.5, 0.6) is 0 Å². The molecular formula is C17H25ClN4O2. The summed E-state index contributed by atoms with van der Waals surface area (Å²) in [4.78, 5) is 14.2. The minimum atomic E-state index is -0.451. The third-order valence-corrected chi connectivity index (χ3v) is 5.10. The Morgan fingerprint density at radius 3 is 2.75 bits per heavy atom. The minimum absolute atomic E-state index is 0.119. The van der Waals surface area contributed by atoms with Gasteiger partial charge < -0.3 is 15.0 Å². The summed E-state index contributed by atoms with van der Waals surface area (Å²) >= 11 is 5.77. The maximum Gasteiger partial charge on any atom is 0.410 e. The Balaban J connectivity index is 1.58. The Hall–Kier alpha value is -1.56. The van der Waals surface area contributed by atoms with Gasteiger partial charge in [-0.25, -0.2) is 4.79 Å². The van der Waals surface area contributed by atoms with Gasteiger partial charge in [0, 0.05) is 19.1 Å². The summed E-state index contributed by atoms with van der Waals surface area (Å²) in [6.07, 6.45) is 1.81. The zero-order valence-electron chi connectivity index (χ0n) is 14.7. The molecule has 2 fully saturated rings. The first-order chi connectivity index (χ1) is 11.1. The number of carbonyl (C=O) groups excluding carboxylic acids is 1. The number of likely N-dealkylation sites (tertiary alicyclic amines) is 1. The summed E-state index contributed by atoms with van der Waals surface area (Å²) in [5.41, 5.74) is -0.332. The number of anilines is 1. The number of hydrogen-bond donors (Lipinski definition) is 1. The van der Waals surface area contributed by atoms with Crippen LogP contribution < -0.4 is 5.32 Å². The minimum Gasteiger partial charge on any atom is -0.444 e. The second-order valence-corrected chi connectivity index (χ2v) is 8.62. The number of rotatable bonds is 2. The number of halogens is 1. The van der Waals surface area contributed by atoms with Gasteiger partial charge in [0.2, 0.25) is 0 Å². The van der Waals surface area contributed by atoms with Crippen molar-refractivity contribution in [3.8, 4) is 0 Å². The van der Waals surface area contributed by atoms with Gasteiger partial charge in [-0.05, 0) is 57.1 Å². The van der Waals surface area contributed by atoms with Crippen molar-refractivity contribution in [2.24, 2.45) is 11.3 Å². The number of amides is 1. The van der Waals surface area contributed by atoms with Gasteiger partial charge >= 0.3 is 6.09 Å². The third-order valence-electron chi connectivity index (χ3n) is 4.90. The Morgan fingerprint density at radius 2 is 2.17 bits per heavy atom. The predicted molar refractivity (Wildman–Crippen MR) is 93.1 cm³/mol. The Bertz CT molecular complexity index is 616. The molecule has 2 aliphatic rings. The van der Waals surface area contributed by atoms with Crippen LogP contribution >= 0.6 is 11.6 Å². The molecule has 132 valence electrons. The Kier molecular flexibility index (Phi) is 4.36. The van der Waals surface area contributed by atoms with E-state index in [1.165, 1.54) is 0 Å². The fraction of sp³-hybridized carbons (Fsp3) is 0.706. The van der Waals surface area contributed by atoms with Crippen LogP contribution in [-0.4, -0.2) is 45.9 Å². The molecule has 1 amide bonds. The third kappa shape index (κ3) is 3.74. The molecule has 1 unspecified atom stereocenters. The normalized spacial score (nSPS) is 29.5. The summed E-state index contributed by atoms with van der Waals surface area (Å²) in [7, 11) is 0. The van der Waals surface area contributed by atoms with E-state index in [9.17, 15) is 4.79 Å². The van der Waals surface area contributed by atoms with E-state index in [4.69, 9.17) is 16.3 Å². The summed E-state index contributed by atoms with van der Waals surface area (Å²) < 4.78 is 5.51. The van der Waals surface area contributed by atoms with Crippen molar-refractivity contribution >= 4 is 23.5 Å². The highest BCUT2D eigenvalue weighted by molar-refractivity contribution is 6.29. The molecule has 1 saturated heterocycles. The molecule has 0 spiro atoms. The summed E-state index contributed by atoms with van der Waals surface area (Å²) in [5, 5.41) is 11.8. The number of carbonyl (C=O) groups is 1. The molecule has 7 heteroatoms. The van der Waals surface area contributed by atoms with Gasteiger partial charge in [-0.1, -0.05) is 18.5 Å². The van der Waals surface area contributed by atoms with Crippen LogP contribution in [0.25, 0.3) is 0 Å². The quantitative estimate of drug-likeness (QED) is 0.881. The van der Waals surface area contributed by atoms with Gasteiger partial charge in [-0.15, -0.1) is 10.2 Å². The molecule has 3 atom stereocenters. The number of aromatic nitrogens is 2. The van der Waals surface area contributed by atoms with Crippen molar-refractivity contribution in [1.29, 1.82) is 0 Å². The van der Waals surface area contributed by atoms with Crippen LogP contribution in [0.1, 0.15) is 40.5 Å². The van der Waals surface area contributed by atoms with Crippen LogP contribution in [0.15, 0.2) is 12.1 Å². The average molecular weight is 353 g/mol. The number of hydrogen-bond acceptors (Lipinski definition) is 5. The zero-order chi connectivity index (χ0) is 17.5. The maximum absolute atomic E-state index is 12.3. The molecule has 1 aliphatic carbocycles. The summed E-state index contributed by atoms with van der Waals surface area (Å²) in [6.45, 7) is 9.47. The lowest BCUT2D eigenvalue weighted by Gasteiger charge is -2.27. The van der Waals surface area contributed by atoms with Crippen molar-refractivity contribution in [1.82, 2.24) is 15.1 Å². The maximum atomic E-state index is 12.3. The number of nitrogens with zero attached hydrogens (tertiary/aromatic N) is 3. The molecule has 1 aromatic heterocycles. The van der Waals surface area contributed by atoms with Crippen LogP contribution in [-0.2, 0) is 4.74 Å². The van der Waals surface area contributed by atoms with Crippen molar-refractivity contribution in [2.75, 3.05) is 18.4 Å². The van der Waals surface area contributed by atoms with Crippen LogP contribution in [0, 0.1) is 11.3 Å². The molecule has 0 radical (unpaired) electrons. The van der Waals surface area contributed by atoms with Crippen molar-refractivity contribution in [3.63, 3.8) is 0 Å². The lowest BCUT2D eigenvalue weighted by molar-refractivity contribution is 0.0270. The van der Waals surface area contributed by atoms with Crippen LogP contribution in [0.2, 0.25) is 5.15 Å². The van der Waals surface area contributed by atoms with Gasteiger partial charge in [0.05, 0.1) is 0 Å². The molecule has 0 aromatic carbocycles. The fourth-order valence-electron chi connectivity index (χ4n) is 3.87. The molecule has 24 heavy (non-hydrogen) atoms. The van der Waals surface area contributed by atoms with Crippen LogP contribution in [0.3, 0.4) is 0 Å². The zero-order valence-corrected chi connectivity index (χ0v) is 15.4. The van der Waals surface area contributed by atoms with Crippen molar-refractivity contribution < 1.29 is 9.53 Å². The second kappa shape index (κ2) is 6.06. The van der Waals surface area contributed by atoms with Gasteiger partial charge in [0.1, 0.15) is 11.4 Å². The van der Waals surface area contributed by atoms with E-state index in [1.54, 1.807) is 6.07 Å². The van der Waals surface area contributed by atoms with E-state index in [2.05, 4.69) is 22.4 Å². The van der Waals surface area contributed by atoms with Crippen LogP contribution in [0.4, 0.5) is 10.6 Å². The summed E-state index contributed by atoms with van der Waals surface area (Å²) in [5.74, 6) is 1.22. The lowest BCUT2D eigenvalue weighted by Crippen LogP contribution is -2.37. The van der Waals surface area contributed by atoms with Gasteiger partial charge in [0.25, 0.3) is 0 Å². The highest BCUT2D eigenvalue weighted by atomic mass is 35.5. The van der Waals surface area contributed by atoms with Gasteiger partial charge in [-0.2, -0.15) is 0 Å². The Labute approximate surface area is 147 Å². The standard InChI is InChI=1S/C17H25ClN4O2/c1-16(2,3)24-15(23)22-9-11-7-12(8-17(11,4)10-22)19-14-6-5-13(18)20-21-14/h5-6,11-12H,7-10H2,1-4H3,(H,19,21)/t11?,12-,17-/m1/s1. The van der Waals surface area contributed by atoms with Gasteiger partial charge in [-0.3, -0.25) is 0 Å². The van der Waals surface area contributed by atoms with E-state index >= 15 is 0 Å². The average Bonchev–Trinajstić information content (AvgIpc) is 2.91. The number of nitrogens with one attached hydrogen (secondary N) is 1. The molecule has 2 heterocycles. The molecule has 3 rings (SSSR count). The molecule has 6 nitrogen and oxygen atoms in total. The lowest BCUT2D eigenvalue weighted by atomic mass is 9.83. The Morgan fingerprint density at radius 1 is 1.42 bits per heavy atom. The summed E-state index contributed by atoms with van der Waals surface area (Å²) in [6, 6.07) is 3.92. The van der Waals surface area contributed by atoms with Crippen molar-refractivity contribution in [3.05, 3.63) is 17.3 Å². The second-order valence-electron chi connectivity index (χ2n) is 8.23. The van der Waals surface area contributed by atoms with E-state index in [0.717, 1.165) is 31.7 Å². The predicted octanol–water partition coefficient (Wildman–Crippen LogP) is 3.58. The van der Waals surface area contributed by atoms with Crippen molar-refractivity contribution in [2.45, 2.75) is 52.2 Å². The first-order valence-electron chi connectivity index (χ1n) is 8.38.